The molecule has 1 N–H and O–H groups in total. The van der Waals surface area contributed by atoms with E-state index in [4.69, 9.17) is 43.7 Å². The zero-order valence-electron chi connectivity index (χ0n) is 22.6. The molecule has 11 atom stereocenters. The van der Waals surface area contributed by atoms with Gasteiger partial charge < -0.3 is 33.1 Å². The lowest BCUT2D eigenvalue weighted by Gasteiger charge is -2.35. The highest BCUT2D eigenvalue weighted by molar-refractivity contribution is 15.0. The van der Waals surface area contributed by atoms with Crippen molar-refractivity contribution in [1.29, 1.82) is 0 Å². The number of aliphatic hydroxyl groups is 1. The predicted molar refractivity (Wildman–Crippen MR) is 162 cm³/mol. The maximum Gasteiger partial charge on any atom is 0.174 e. The zero-order chi connectivity index (χ0) is 27.2. The van der Waals surface area contributed by atoms with Crippen LogP contribution in [0.5, 0.6) is 0 Å². The van der Waals surface area contributed by atoms with Crippen LogP contribution in [0.4, 0.5) is 0 Å². The average Bonchev–Trinajstić information content (AvgIpc) is 3.54. The molecule has 0 amide bonds. The van der Waals surface area contributed by atoms with E-state index in [1.54, 1.807) is 0 Å². The molecule has 0 aromatic carbocycles. The van der Waals surface area contributed by atoms with Crippen LogP contribution >= 0.6 is 45.6 Å². The van der Waals surface area contributed by atoms with Gasteiger partial charge in [0.2, 0.25) is 0 Å². The lowest BCUT2D eigenvalue weighted by molar-refractivity contribution is 0.00946. The number of hydrogen-bond acceptors (Lipinski definition) is 7. The highest BCUT2D eigenvalue weighted by atomic mass is 128. The van der Waals surface area contributed by atoms with Gasteiger partial charge in [-0.3, -0.25) is 0 Å². The Labute approximate surface area is 245 Å². The lowest BCUT2D eigenvalue weighted by atomic mass is 9.92. The van der Waals surface area contributed by atoms with Crippen LogP contribution in [0.3, 0.4) is 0 Å². The Kier molecular flexibility index (Phi) is 15.3. The fourth-order valence-corrected chi connectivity index (χ4v) is 7.50. The van der Waals surface area contributed by atoms with Gasteiger partial charge in [0.05, 0.1) is 32.0 Å². The fraction of sp³-hybridized carbons (Fsp3) is 1.00. The van der Waals surface area contributed by atoms with Crippen molar-refractivity contribution in [3.05, 3.63) is 0 Å². The van der Waals surface area contributed by atoms with Crippen molar-refractivity contribution in [3.8, 4) is 0 Å². The smallest absolute Gasteiger partial charge is 0.174 e. The van der Waals surface area contributed by atoms with Crippen molar-refractivity contribution >= 4 is 61.3 Å². The van der Waals surface area contributed by atoms with Gasteiger partial charge in [-0.15, -0.1) is 0 Å². The molecular formula is C24H43B2I2O7P. The number of hydrogen-bond donors (Lipinski definition) is 1. The van der Waals surface area contributed by atoms with Crippen molar-refractivity contribution in [1.82, 2.24) is 0 Å². The first-order chi connectivity index (χ1) is 17.1. The van der Waals surface area contributed by atoms with Crippen molar-refractivity contribution < 1.29 is 33.1 Å². The molecular weight excluding hydrogens is 707 g/mol. The first kappa shape index (κ1) is 33.9. The first-order valence-electron chi connectivity index (χ1n) is 13.0. The summed E-state index contributed by atoms with van der Waals surface area (Å²) >= 11 is 4.24. The van der Waals surface area contributed by atoms with Crippen molar-refractivity contribution in [2.45, 2.75) is 109 Å². The Morgan fingerprint density at radius 2 is 1.39 bits per heavy atom. The Hall–Kier alpha value is 1.74. The van der Waals surface area contributed by atoms with E-state index >= 15 is 0 Å². The highest BCUT2D eigenvalue weighted by Crippen LogP contribution is 2.53. The van der Waals surface area contributed by atoms with E-state index in [2.05, 4.69) is 78.8 Å². The maximum atomic E-state index is 9.41. The second-order valence-corrected chi connectivity index (χ2v) is 12.5. The van der Waals surface area contributed by atoms with Crippen LogP contribution in [0.25, 0.3) is 0 Å². The van der Waals surface area contributed by atoms with Crippen LogP contribution in [0.15, 0.2) is 0 Å². The van der Waals surface area contributed by atoms with E-state index in [0.717, 1.165) is 13.0 Å². The summed E-state index contributed by atoms with van der Waals surface area (Å²) in [4.78, 5) is 0. The van der Waals surface area contributed by atoms with E-state index in [1.807, 2.05) is 6.92 Å². The third kappa shape index (κ3) is 8.38. The standard InChI is InChI=1S/C17H32BO4P.C7H11BO3.I2/c1-7-8-20-23(16(10(2)3)11(4)5)22-15-14-13(21-17(15)18)12(6)9-19-14;1-3-2-10-6-4(9)7(8)11-5(3)6;1-2/h10-17H,7-9H2,1-6H3;3-7,9H,2H2,1H3;/t12-,13?,14?,15-,17-,23?;3-,4-,5?,6?,7-;/m11./s1. The van der Waals surface area contributed by atoms with Gasteiger partial charge in [-0.2, -0.15) is 0 Å². The normalized spacial score (nSPS) is 40.0. The van der Waals surface area contributed by atoms with Gasteiger partial charge in [0.25, 0.3) is 0 Å². The molecule has 4 aliphatic heterocycles. The van der Waals surface area contributed by atoms with Gasteiger partial charge in [0.1, 0.15) is 40.1 Å². The lowest BCUT2D eigenvalue weighted by Crippen LogP contribution is -2.36. The fourth-order valence-electron chi connectivity index (χ4n) is 5.31. The molecule has 4 saturated heterocycles. The Morgan fingerprint density at radius 3 is 1.89 bits per heavy atom. The van der Waals surface area contributed by atoms with Crippen molar-refractivity contribution in [2.24, 2.45) is 23.7 Å². The van der Waals surface area contributed by atoms with Crippen LogP contribution in [-0.2, 0) is 28.0 Å². The van der Waals surface area contributed by atoms with Crippen molar-refractivity contribution in [2.75, 3.05) is 19.8 Å². The Bertz CT molecular complexity index is 633. The third-order valence-electron chi connectivity index (χ3n) is 7.08. The zero-order valence-corrected chi connectivity index (χ0v) is 27.8. The molecule has 4 heterocycles. The number of ether oxygens (including phenoxy) is 4. The van der Waals surface area contributed by atoms with Gasteiger partial charge in [0.15, 0.2) is 8.38 Å². The van der Waals surface area contributed by atoms with Crippen LogP contribution in [-0.4, -0.2) is 94.9 Å². The molecule has 0 aliphatic carbocycles. The van der Waals surface area contributed by atoms with Crippen LogP contribution in [0, 0.1) is 23.7 Å². The molecule has 4 radical (unpaired) electrons. The number of aliphatic hydroxyl groups excluding tert-OH is 1. The second kappa shape index (κ2) is 16.2. The molecule has 5 unspecified atom stereocenters. The number of fused-ring (bicyclic) bond motifs is 2. The van der Waals surface area contributed by atoms with E-state index in [1.165, 1.54) is 0 Å². The Balaban J connectivity index is 0.000000291. The molecule has 36 heavy (non-hydrogen) atoms. The molecule has 12 heteroatoms. The summed E-state index contributed by atoms with van der Waals surface area (Å²) in [7, 11) is 10.6. The minimum atomic E-state index is -1.02. The third-order valence-corrected chi connectivity index (χ3v) is 9.65. The quantitative estimate of drug-likeness (QED) is 0.218. The van der Waals surface area contributed by atoms with Crippen LogP contribution < -0.4 is 0 Å². The molecule has 0 aromatic rings. The molecule has 0 spiro atoms. The average molecular weight is 750 g/mol. The van der Waals surface area contributed by atoms with Crippen LogP contribution in [0.1, 0.15) is 54.9 Å². The molecule has 4 rings (SSSR count). The van der Waals surface area contributed by atoms with E-state index in [9.17, 15) is 5.11 Å². The minimum Gasteiger partial charge on any atom is -0.388 e. The monoisotopic (exact) mass is 750 g/mol. The summed E-state index contributed by atoms with van der Waals surface area (Å²) in [5.74, 6) is 1.71. The minimum absolute atomic E-state index is 0.000000000000000444. The first-order valence-corrected chi connectivity index (χ1v) is 20.6. The second-order valence-electron chi connectivity index (χ2n) is 10.8. The molecule has 7 nitrogen and oxygen atoms in total. The maximum absolute atomic E-state index is 9.41. The summed E-state index contributed by atoms with van der Waals surface area (Å²) in [6, 6.07) is -0.990. The van der Waals surface area contributed by atoms with Crippen LogP contribution in [0.2, 0.25) is 0 Å². The summed E-state index contributed by atoms with van der Waals surface area (Å²) in [5.41, 5.74) is 0.377. The Morgan fingerprint density at radius 1 is 0.889 bits per heavy atom. The van der Waals surface area contributed by atoms with Gasteiger partial charge in [-0.05, 0) is 18.3 Å². The SMILES string of the molecule is II.[B][C@@H]1OC2C(OC[C@H]2C)[C@H]1O.[B][C@@H]1OC2C(OC[C@H]2C)[C@H]1OP(OCCC)C(C(C)C)C(C)C. The molecule has 4 fully saturated rings. The molecule has 0 aromatic heterocycles. The predicted octanol–water partition coefficient (Wildman–Crippen LogP) is 4.77. The van der Waals surface area contributed by atoms with E-state index in [0.29, 0.717) is 42.5 Å². The summed E-state index contributed by atoms with van der Waals surface area (Å²) < 4.78 is 35.0. The summed E-state index contributed by atoms with van der Waals surface area (Å²) in [6.45, 7) is 17.3. The molecule has 0 saturated carbocycles. The van der Waals surface area contributed by atoms with Crippen molar-refractivity contribution in [3.63, 3.8) is 0 Å². The van der Waals surface area contributed by atoms with Gasteiger partial charge in [-0.1, -0.05) is 48.5 Å². The largest absolute Gasteiger partial charge is 0.388 e. The van der Waals surface area contributed by atoms with Gasteiger partial charge in [-0.25, -0.2) is 0 Å². The van der Waals surface area contributed by atoms with Gasteiger partial charge >= 0.3 is 0 Å². The van der Waals surface area contributed by atoms with E-state index in [-0.39, 0.29) is 30.5 Å². The highest BCUT2D eigenvalue weighted by Gasteiger charge is 2.51. The van der Waals surface area contributed by atoms with Gasteiger partial charge in [0, 0.05) is 66.7 Å². The van der Waals surface area contributed by atoms with E-state index < -0.39 is 26.5 Å². The number of rotatable bonds is 8. The molecule has 0 bridgehead atoms. The molecule has 206 valence electrons. The number of halogens is 2. The topological polar surface area (TPSA) is 75.6 Å². The summed E-state index contributed by atoms with van der Waals surface area (Å²) in [5, 5.41) is 9.41. The molecule has 4 aliphatic rings. The summed E-state index contributed by atoms with van der Waals surface area (Å²) in [6.07, 6.45) is -0.0968.